The van der Waals surface area contributed by atoms with Gasteiger partial charge in [0.05, 0.1) is 19.8 Å². The van der Waals surface area contributed by atoms with Gasteiger partial charge in [-0.05, 0) is 31.0 Å². The summed E-state index contributed by atoms with van der Waals surface area (Å²) in [7, 11) is 3.16. The maximum Gasteiger partial charge on any atom is 0.258 e. The standard InChI is InChI=1S/C16H22ClNO3/c1-20-13-7-8-15(21-2)14(10-13)16(19)18-9-5-3-4-6-12(18)11-17/h7-8,10,12H,3-6,9,11H2,1-2H3. The highest BCUT2D eigenvalue weighted by Gasteiger charge is 2.27. The van der Waals surface area contributed by atoms with E-state index in [4.69, 9.17) is 21.1 Å². The van der Waals surface area contributed by atoms with Crippen LogP contribution >= 0.6 is 11.6 Å². The Hall–Kier alpha value is -1.42. The molecule has 1 fully saturated rings. The van der Waals surface area contributed by atoms with Gasteiger partial charge in [0.25, 0.3) is 5.91 Å². The SMILES string of the molecule is COc1ccc(OC)c(C(=O)N2CCCCCC2CCl)c1. The Bertz CT molecular complexity index is 492. The van der Waals surface area contributed by atoms with Crippen LogP contribution in [0.15, 0.2) is 18.2 Å². The van der Waals surface area contributed by atoms with E-state index in [1.54, 1.807) is 32.4 Å². The lowest BCUT2D eigenvalue weighted by atomic mass is 10.1. The molecule has 0 N–H and O–H groups in total. The second kappa shape index (κ2) is 7.55. The van der Waals surface area contributed by atoms with Gasteiger partial charge < -0.3 is 14.4 Å². The fraction of sp³-hybridized carbons (Fsp3) is 0.562. The van der Waals surface area contributed by atoms with Crippen molar-refractivity contribution in [3.8, 4) is 11.5 Å². The Morgan fingerprint density at radius 2 is 2.10 bits per heavy atom. The summed E-state index contributed by atoms with van der Waals surface area (Å²) in [6.45, 7) is 0.747. The van der Waals surface area contributed by atoms with E-state index in [1.165, 1.54) is 0 Å². The van der Waals surface area contributed by atoms with Crippen molar-refractivity contribution in [2.45, 2.75) is 31.7 Å². The number of carbonyl (C=O) groups is 1. The number of nitrogens with zero attached hydrogens (tertiary/aromatic N) is 1. The van der Waals surface area contributed by atoms with Gasteiger partial charge in [0.15, 0.2) is 0 Å². The number of hydrogen-bond acceptors (Lipinski definition) is 3. The Kier molecular flexibility index (Phi) is 5.74. The molecule has 2 rings (SSSR count). The fourth-order valence-electron chi connectivity index (χ4n) is 2.74. The Labute approximate surface area is 131 Å². The van der Waals surface area contributed by atoms with Crippen LogP contribution in [0.1, 0.15) is 36.0 Å². The molecular weight excluding hydrogens is 290 g/mol. The lowest BCUT2D eigenvalue weighted by Gasteiger charge is -2.29. The van der Waals surface area contributed by atoms with E-state index in [9.17, 15) is 4.79 Å². The number of alkyl halides is 1. The van der Waals surface area contributed by atoms with E-state index in [2.05, 4.69) is 0 Å². The molecule has 0 spiro atoms. The zero-order valence-corrected chi connectivity index (χ0v) is 13.4. The number of ether oxygens (including phenoxy) is 2. The van der Waals surface area contributed by atoms with E-state index < -0.39 is 0 Å². The molecule has 0 bridgehead atoms. The molecule has 4 nitrogen and oxygen atoms in total. The highest BCUT2D eigenvalue weighted by atomic mass is 35.5. The third kappa shape index (κ3) is 3.62. The van der Waals surface area contributed by atoms with Gasteiger partial charge in [-0.15, -0.1) is 11.6 Å². The first-order chi connectivity index (χ1) is 10.2. The number of methoxy groups -OCH3 is 2. The van der Waals surface area contributed by atoms with Gasteiger partial charge in [-0.2, -0.15) is 0 Å². The molecule has 1 aromatic rings. The first-order valence-corrected chi connectivity index (χ1v) is 7.83. The number of amides is 1. The zero-order chi connectivity index (χ0) is 15.2. The van der Waals surface area contributed by atoms with Crippen molar-refractivity contribution in [1.29, 1.82) is 0 Å². The van der Waals surface area contributed by atoms with E-state index in [0.29, 0.717) is 22.9 Å². The van der Waals surface area contributed by atoms with Crippen LogP contribution in [-0.4, -0.2) is 43.5 Å². The molecule has 0 aromatic heterocycles. The van der Waals surface area contributed by atoms with Gasteiger partial charge in [-0.25, -0.2) is 0 Å². The summed E-state index contributed by atoms with van der Waals surface area (Å²) in [5.74, 6) is 1.66. The molecule has 1 atom stereocenters. The molecule has 0 aliphatic carbocycles. The second-order valence-corrected chi connectivity index (χ2v) is 5.53. The largest absolute Gasteiger partial charge is 0.497 e. The summed E-state index contributed by atoms with van der Waals surface area (Å²) in [5, 5.41) is 0. The fourth-order valence-corrected chi connectivity index (χ4v) is 3.06. The maximum absolute atomic E-state index is 12.9. The van der Waals surface area contributed by atoms with E-state index >= 15 is 0 Å². The Morgan fingerprint density at radius 3 is 2.76 bits per heavy atom. The molecule has 1 aromatic carbocycles. The molecule has 21 heavy (non-hydrogen) atoms. The summed E-state index contributed by atoms with van der Waals surface area (Å²) in [4.78, 5) is 14.8. The molecule has 0 radical (unpaired) electrons. The lowest BCUT2D eigenvalue weighted by molar-refractivity contribution is 0.0696. The van der Waals surface area contributed by atoms with Crippen molar-refractivity contribution in [2.24, 2.45) is 0 Å². The van der Waals surface area contributed by atoms with E-state index in [-0.39, 0.29) is 11.9 Å². The van der Waals surface area contributed by atoms with Crippen molar-refractivity contribution < 1.29 is 14.3 Å². The zero-order valence-electron chi connectivity index (χ0n) is 12.6. The third-order valence-electron chi connectivity index (χ3n) is 3.95. The number of halogens is 1. The van der Waals surface area contributed by atoms with Gasteiger partial charge in [0.1, 0.15) is 11.5 Å². The highest BCUT2D eigenvalue weighted by molar-refractivity contribution is 6.18. The molecule has 1 aliphatic heterocycles. The molecule has 1 amide bonds. The van der Waals surface area contributed by atoms with Crippen molar-refractivity contribution in [1.82, 2.24) is 4.90 Å². The van der Waals surface area contributed by atoms with E-state index in [0.717, 1.165) is 32.2 Å². The molecule has 116 valence electrons. The average molecular weight is 312 g/mol. The van der Waals surface area contributed by atoms with Gasteiger partial charge in [-0.3, -0.25) is 4.79 Å². The number of carbonyl (C=O) groups excluding carboxylic acids is 1. The van der Waals surface area contributed by atoms with Crippen LogP contribution in [0.3, 0.4) is 0 Å². The van der Waals surface area contributed by atoms with Crippen LogP contribution in [0.25, 0.3) is 0 Å². The van der Waals surface area contributed by atoms with Crippen LogP contribution in [0.4, 0.5) is 0 Å². The minimum absolute atomic E-state index is 0.0294. The highest BCUT2D eigenvalue weighted by Crippen LogP contribution is 2.28. The van der Waals surface area contributed by atoms with Gasteiger partial charge >= 0.3 is 0 Å². The lowest BCUT2D eigenvalue weighted by Crippen LogP contribution is -2.41. The summed E-state index contributed by atoms with van der Waals surface area (Å²) >= 11 is 6.06. The second-order valence-electron chi connectivity index (χ2n) is 5.22. The smallest absolute Gasteiger partial charge is 0.258 e. The number of likely N-dealkylation sites (tertiary alicyclic amines) is 1. The molecule has 1 heterocycles. The molecule has 0 saturated carbocycles. The molecular formula is C16H22ClNO3. The monoisotopic (exact) mass is 311 g/mol. The van der Waals surface area contributed by atoms with Crippen molar-refractivity contribution in [2.75, 3.05) is 26.6 Å². The first-order valence-electron chi connectivity index (χ1n) is 7.30. The maximum atomic E-state index is 12.9. The minimum Gasteiger partial charge on any atom is -0.497 e. The summed E-state index contributed by atoms with van der Waals surface area (Å²) < 4.78 is 10.5. The third-order valence-corrected chi connectivity index (χ3v) is 4.31. The van der Waals surface area contributed by atoms with Crippen LogP contribution in [-0.2, 0) is 0 Å². The van der Waals surface area contributed by atoms with Crippen LogP contribution in [0.2, 0.25) is 0 Å². The summed E-state index contributed by atoms with van der Waals surface area (Å²) in [5.41, 5.74) is 0.536. The van der Waals surface area contributed by atoms with Crippen LogP contribution < -0.4 is 9.47 Å². The van der Waals surface area contributed by atoms with E-state index in [1.807, 2.05) is 4.90 Å². The topological polar surface area (TPSA) is 38.8 Å². The first kappa shape index (κ1) is 16.0. The molecule has 5 heteroatoms. The number of benzene rings is 1. The van der Waals surface area contributed by atoms with Crippen molar-refractivity contribution in [3.63, 3.8) is 0 Å². The Balaban J connectivity index is 2.32. The van der Waals surface area contributed by atoms with Gasteiger partial charge in [0.2, 0.25) is 0 Å². The summed E-state index contributed by atoms with van der Waals surface area (Å²) in [6.07, 6.45) is 4.25. The predicted molar refractivity (Wildman–Crippen MR) is 83.6 cm³/mol. The van der Waals surface area contributed by atoms with Gasteiger partial charge in [0, 0.05) is 18.5 Å². The predicted octanol–water partition coefficient (Wildman–Crippen LogP) is 3.33. The minimum atomic E-state index is -0.0294. The van der Waals surface area contributed by atoms with Crippen LogP contribution in [0.5, 0.6) is 11.5 Å². The van der Waals surface area contributed by atoms with Crippen molar-refractivity contribution in [3.05, 3.63) is 23.8 Å². The average Bonchev–Trinajstić information content (AvgIpc) is 2.78. The Morgan fingerprint density at radius 1 is 1.29 bits per heavy atom. The quantitative estimate of drug-likeness (QED) is 0.801. The summed E-state index contributed by atoms with van der Waals surface area (Å²) in [6, 6.07) is 5.38. The number of hydrogen-bond donors (Lipinski definition) is 0. The molecule has 1 saturated heterocycles. The molecule has 1 unspecified atom stereocenters. The molecule has 1 aliphatic rings. The van der Waals surface area contributed by atoms with Crippen LogP contribution in [0, 0.1) is 0 Å². The van der Waals surface area contributed by atoms with Crippen molar-refractivity contribution >= 4 is 17.5 Å². The normalized spacial score (nSPS) is 19.0. The van der Waals surface area contributed by atoms with Gasteiger partial charge in [-0.1, -0.05) is 12.8 Å². The number of rotatable bonds is 4.